The van der Waals surface area contributed by atoms with E-state index in [-0.39, 0.29) is 11.3 Å². The Morgan fingerprint density at radius 2 is 2.23 bits per heavy atom. The SMILES string of the molecule is C[C@@H]1CCc2nc(NC(=O)c3ccccc3[N+](=O)[O-])sc2C1. The molecular weight excluding hydrogens is 302 g/mol. The molecule has 1 aromatic carbocycles. The van der Waals surface area contributed by atoms with E-state index in [4.69, 9.17) is 0 Å². The highest BCUT2D eigenvalue weighted by atomic mass is 32.1. The van der Waals surface area contributed by atoms with Gasteiger partial charge in [-0.3, -0.25) is 20.2 Å². The molecule has 0 bridgehead atoms. The molecular formula is C15H15N3O3S. The molecule has 1 aromatic heterocycles. The summed E-state index contributed by atoms with van der Waals surface area (Å²) in [4.78, 5) is 28.3. The summed E-state index contributed by atoms with van der Waals surface area (Å²) in [5, 5.41) is 14.2. The number of para-hydroxylation sites is 1. The van der Waals surface area contributed by atoms with E-state index < -0.39 is 10.8 Å². The highest BCUT2D eigenvalue weighted by Gasteiger charge is 2.23. The van der Waals surface area contributed by atoms with E-state index in [2.05, 4.69) is 17.2 Å². The zero-order valence-corrected chi connectivity index (χ0v) is 12.9. The van der Waals surface area contributed by atoms with Crippen molar-refractivity contribution in [1.29, 1.82) is 0 Å². The first-order chi connectivity index (χ1) is 10.5. The Hall–Kier alpha value is -2.28. The van der Waals surface area contributed by atoms with Crippen molar-refractivity contribution in [2.75, 3.05) is 5.32 Å². The summed E-state index contributed by atoms with van der Waals surface area (Å²) < 4.78 is 0. The van der Waals surface area contributed by atoms with Crippen LogP contribution in [0, 0.1) is 16.0 Å². The van der Waals surface area contributed by atoms with Gasteiger partial charge in [0.15, 0.2) is 5.13 Å². The van der Waals surface area contributed by atoms with Crippen LogP contribution in [0.2, 0.25) is 0 Å². The number of hydrogen-bond donors (Lipinski definition) is 1. The van der Waals surface area contributed by atoms with Gasteiger partial charge in [0, 0.05) is 10.9 Å². The third-order valence-corrected chi connectivity index (χ3v) is 4.79. The molecule has 7 heteroatoms. The number of aryl methyl sites for hydroxylation is 1. The lowest BCUT2D eigenvalue weighted by Crippen LogP contribution is -2.13. The lowest BCUT2D eigenvalue weighted by molar-refractivity contribution is -0.385. The van der Waals surface area contributed by atoms with E-state index in [1.54, 1.807) is 12.1 Å². The average Bonchev–Trinajstić information content (AvgIpc) is 2.88. The first kappa shape index (κ1) is 14.6. The van der Waals surface area contributed by atoms with Gasteiger partial charge >= 0.3 is 0 Å². The summed E-state index contributed by atoms with van der Waals surface area (Å²) in [6.45, 7) is 2.20. The number of fused-ring (bicyclic) bond motifs is 1. The Morgan fingerprint density at radius 1 is 1.45 bits per heavy atom. The van der Waals surface area contributed by atoms with E-state index in [1.165, 1.54) is 28.3 Å². The fourth-order valence-electron chi connectivity index (χ4n) is 2.58. The van der Waals surface area contributed by atoms with Crippen LogP contribution in [0.15, 0.2) is 24.3 Å². The fourth-order valence-corrected chi connectivity index (χ4v) is 3.75. The largest absolute Gasteiger partial charge is 0.298 e. The number of nitrogens with one attached hydrogen (secondary N) is 1. The minimum Gasteiger partial charge on any atom is -0.298 e. The minimum atomic E-state index is -0.552. The monoisotopic (exact) mass is 317 g/mol. The second-order valence-corrected chi connectivity index (χ2v) is 6.55. The van der Waals surface area contributed by atoms with E-state index in [1.807, 2.05) is 0 Å². The Bertz CT molecular complexity index is 741. The van der Waals surface area contributed by atoms with Gasteiger partial charge in [0.05, 0.1) is 10.6 Å². The first-order valence-corrected chi connectivity index (χ1v) is 7.89. The van der Waals surface area contributed by atoms with Gasteiger partial charge in [0.1, 0.15) is 5.56 Å². The summed E-state index contributed by atoms with van der Waals surface area (Å²) in [6, 6.07) is 5.92. The lowest BCUT2D eigenvalue weighted by atomic mass is 9.93. The number of nitrogens with zero attached hydrogens (tertiary/aromatic N) is 2. The second-order valence-electron chi connectivity index (χ2n) is 5.47. The molecule has 2 aromatic rings. The minimum absolute atomic E-state index is 0.0500. The molecule has 0 fully saturated rings. The summed E-state index contributed by atoms with van der Waals surface area (Å²) in [5.74, 6) is 0.137. The van der Waals surface area contributed by atoms with Crippen LogP contribution in [-0.4, -0.2) is 15.8 Å². The molecule has 6 nitrogen and oxygen atoms in total. The molecule has 114 valence electrons. The van der Waals surface area contributed by atoms with Crippen molar-refractivity contribution in [3.8, 4) is 0 Å². The van der Waals surface area contributed by atoms with Gasteiger partial charge < -0.3 is 0 Å². The summed E-state index contributed by atoms with van der Waals surface area (Å²) in [6.07, 6.45) is 3.01. The van der Waals surface area contributed by atoms with Crippen LogP contribution >= 0.6 is 11.3 Å². The Labute approximate surface area is 131 Å². The maximum Gasteiger partial charge on any atom is 0.282 e. The number of thiazole rings is 1. The topological polar surface area (TPSA) is 85.1 Å². The highest BCUT2D eigenvalue weighted by molar-refractivity contribution is 7.15. The number of rotatable bonds is 3. The molecule has 1 atom stereocenters. The van der Waals surface area contributed by atoms with Crippen LogP contribution < -0.4 is 5.32 Å². The van der Waals surface area contributed by atoms with Crippen LogP contribution in [0.4, 0.5) is 10.8 Å². The van der Waals surface area contributed by atoms with Crippen molar-refractivity contribution in [2.45, 2.75) is 26.2 Å². The van der Waals surface area contributed by atoms with E-state index >= 15 is 0 Å². The Kier molecular flexibility index (Phi) is 3.89. The van der Waals surface area contributed by atoms with Gasteiger partial charge in [0.2, 0.25) is 0 Å². The molecule has 3 rings (SSSR count). The molecule has 0 saturated heterocycles. The van der Waals surface area contributed by atoms with E-state index in [0.29, 0.717) is 11.0 Å². The Balaban J connectivity index is 1.82. The number of anilines is 1. The number of carbonyl (C=O) groups excluding carboxylic acids is 1. The summed E-state index contributed by atoms with van der Waals surface area (Å²) in [5.41, 5.74) is 0.893. The van der Waals surface area contributed by atoms with Crippen LogP contribution in [0.3, 0.4) is 0 Å². The average molecular weight is 317 g/mol. The molecule has 22 heavy (non-hydrogen) atoms. The molecule has 1 aliphatic rings. The van der Waals surface area contributed by atoms with Crippen LogP contribution in [0.25, 0.3) is 0 Å². The van der Waals surface area contributed by atoms with Gasteiger partial charge in [0.25, 0.3) is 11.6 Å². The van der Waals surface area contributed by atoms with Crippen molar-refractivity contribution in [1.82, 2.24) is 4.98 Å². The number of nitro groups is 1. The number of carbonyl (C=O) groups is 1. The third-order valence-electron chi connectivity index (χ3n) is 3.75. The molecule has 0 saturated carbocycles. The molecule has 1 N–H and O–H groups in total. The zero-order chi connectivity index (χ0) is 15.7. The smallest absolute Gasteiger partial charge is 0.282 e. The number of aromatic nitrogens is 1. The third kappa shape index (κ3) is 2.85. The number of amides is 1. The van der Waals surface area contributed by atoms with Crippen molar-refractivity contribution in [3.05, 3.63) is 50.5 Å². The molecule has 1 heterocycles. The van der Waals surface area contributed by atoms with Gasteiger partial charge in [-0.25, -0.2) is 4.98 Å². The molecule has 0 unspecified atom stereocenters. The van der Waals surface area contributed by atoms with Crippen molar-refractivity contribution < 1.29 is 9.72 Å². The number of benzene rings is 1. The van der Waals surface area contributed by atoms with Crippen LogP contribution in [-0.2, 0) is 12.8 Å². The van der Waals surface area contributed by atoms with Crippen molar-refractivity contribution in [3.63, 3.8) is 0 Å². The van der Waals surface area contributed by atoms with Crippen molar-refractivity contribution >= 4 is 28.1 Å². The van der Waals surface area contributed by atoms with Gasteiger partial charge in [-0.1, -0.05) is 19.1 Å². The molecule has 1 amide bonds. The van der Waals surface area contributed by atoms with E-state index in [9.17, 15) is 14.9 Å². The lowest BCUT2D eigenvalue weighted by Gasteiger charge is -2.15. The molecule has 0 aliphatic heterocycles. The van der Waals surface area contributed by atoms with E-state index in [0.717, 1.165) is 25.0 Å². The molecule has 0 radical (unpaired) electrons. The van der Waals surface area contributed by atoms with Crippen molar-refractivity contribution in [2.24, 2.45) is 5.92 Å². The van der Waals surface area contributed by atoms with Crippen LogP contribution in [0.5, 0.6) is 0 Å². The summed E-state index contributed by atoms with van der Waals surface area (Å²) >= 11 is 1.46. The van der Waals surface area contributed by atoms with Gasteiger partial charge in [-0.2, -0.15) is 0 Å². The quantitative estimate of drug-likeness (QED) is 0.694. The van der Waals surface area contributed by atoms with Gasteiger partial charge in [-0.15, -0.1) is 11.3 Å². The highest BCUT2D eigenvalue weighted by Crippen LogP contribution is 2.32. The van der Waals surface area contributed by atoms with Crippen LogP contribution in [0.1, 0.15) is 34.3 Å². The molecule has 1 aliphatic carbocycles. The van der Waals surface area contributed by atoms with Gasteiger partial charge in [-0.05, 0) is 31.2 Å². The normalized spacial score (nSPS) is 16.9. The fraction of sp³-hybridized carbons (Fsp3) is 0.333. The maximum atomic E-state index is 12.3. The standard InChI is InChI=1S/C15H15N3O3S/c1-9-6-7-11-13(8-9)22-15(16-11)17-14(19)10-4-2-3-5-12(10)18(20)21/h2-5,9H,6-8H2,1H3,(H,16,17,19)/t9-/m1/s1. The Morgan fingerprint density at radius 3 is 3.00 bits per heavy atom. The first-order valence-electron chi connectivity index (χ1n) is 7.08. The number of hydrogen-bond acceptors (Lipinski definition) is 5. The predicted octanol–water partition coefficient (Wildman–Crippen LogP) is 3.43. The summed E-state index contributed by atoms with van der Waals surface area (Å²) in [7, 11) is 0. The number of nitro benzene ring substituents is 1. The molecule has 0 spiro atoms. The zero-order valence-electron chi connectivity index (χ0n) is 12.0. The second kappa shape index (κ2) is 5.84. The predicted molar refractivity (Wildman–Crippen MR) is 84.4 cm³/mol. The maximum absolute atomic E-state index is 12.3.